The summed E-state index contributed by atoms with van der Waals surface area (Å²) in [7, 11) is 0. The molecule has 114 valence electrons. The smallest absolute Gasteiger partial charge is 0.259 e. The van der Waals surface area contributed by atoms with E-state index in [2.05, 4.69) is 21.9 Å². The molecule has 3 aromatic heterocycles. The Hall–Kier alpha value is -3.06. The predicted molar refractivity (Wildman–Crippen MR) is 87.5 cm³/mol. The van der Waals surface area contributed by atoms with E-state index in [1.54, 1.807) is 30.3 Å². The lowest BCUT2D eigenvalue weighted by Crippen LogP contribution is -2.12. The summed E-state index contributed by atoms with van der Waals surface area (Å²) in [6.07, 6.45) is 5.22. The van der Waals surface area contributed by atoms with Gasteiger partial charge in [-0.05, 0) is 30.3 Å². The zero-order valence-electron chi connectivity index (χ0n) is 11.9. The zero-order valence-corrected chi connectivity index (χ0v) is 12.7. The van der Waals surface area contributed by atoms with Gasteiger partial charge in [0.05, 0.1) is 17.5 Å². The van der Waals surface area contributed by atoms with Crippen LogP contribution < -0.4 is 5.32 Å². The molecule has 3 rings (SSSR count). The second-order valence-corrected chi connectivity index (χ2v) is 5.49. The molecule has 0 radical (unpaired) electrons. The SMILES string of the molecule is C=Cc1ccc(C(=O)Nc2nc(-c3ccco3)c(C=O)s2)cn1. The van der Waals surface area contributed by atoms with Crippen molar-refractivity contribution in [1.29, 1.82) is 0 Å². The third-order valence-electron chi connectivity index (χ3n) is 2.99. The van der Waals surface area contributed by atoms with Crippen molar-refractivity contribution in [1.82, 2.24) is 9.97 Å². The first-order valence-electron chi connectivity index (χ1n) is 6.61. The Morgan fingerprint density at radius 1 is 1.35 bits per heavy atom. The number of nitrogens with zero attached hydrogens (tertiary/aromatic N) is 2. The molecule has 0 aliphatic rings. The molecule has 0 unspecified atom stereocenters. The van der Waals surface area contributed by atoms with E-state index in [9.17, 15) is 9.59 Å². The average Bonchev–Trinajstić information content (AvgIpc) is 3.23. The summed E-state index contributed by atoms with van der Waals surface area (Å²) in [4.78, 5) is 32.1. The van der Waals surface area contributed by atoms with Gasteiger partial charge in [0.25, 0.3) is 5.91 Å². The number of nitrogens with one attached hydrogen (secondary N) is 1. The number of aromatic nitrogens is 2. The van der Waals surface area contributed by atoms with E-state index in [4.69, 9.17) is 4.42 Å². The first-order chi connectivity index (χ1) is 11.2. The summed E-state index contributed by atoms with van der Waals surface area (Å²) in [6.45, 7) is 3.61. The minimum absolute atomic E-state index is 0.316. The molecule has 0 aromatic carbocycles. The van der Waals surface area contributed by atoms with Crippen LogP contribution in [0.25, 0.3) is 17.5 Å². The number of carbonyl (C=O) groups is 2. The molecule has 1 N–H and O–H groups in total. The maximum atomic E-state index is 12.2. The first-order valence-corrected chi connectivity index (χ1v) is 7.42. The second-order valence-electron chi connectivity index (χ2n) is 4.46. The van der Waals surface area contributed by atoms with Crippen LogP contribution in [0.3, 0.4) is 0 Å². The Morgan fingerprint density at radius 3 is 2.83 bits per heavy atom. The highest BCUT2D eigenvalue weighted by Crippen LogP contribution is 2.30. The van der Waals surface area contributed by atoms with Gasteiger partial charge in [-0.15, -0.1) is 0 Å². The van der Waals surface area contributed by atoms with E-state index >= 15 is 0 Å². The molecule has 7 heteroatoms. The highest BCUT2D eigenvalue weighted by Gasteiger charge is 2.17. The van der Waals surface area contributed by atoms with Crippen LogP contribution in [-0.4, -0.2) is 22.2 Å². The largest absolute Gasteiger partial charge is 0.463 e. The van der Waals surface area contributed by atoms with Gasteiger partial charge in [-0.1, -0.05) is 17.9 Å². The molecule has 1 amide bonds. The van der Waals surface area contributed by atoms with Crippen molar-refractivity contribution < 1.29 is 14.0 Å². The number of carbonyl (C=O) groups excluding carboxylic acids is 2. The number of thiazole rings is 1. The number of aldehydes is 1. The van der Waals surface area contributed by atoms with Crippen LogP contribution in [0, 0.1) is 0 Å². The van der Waals surface area contributed by atoms with Crippen LogP contribution in [0.1, 0.15) is 25.7 Å². The lowest BCUT2D eigenvalue weighted by Gasteiger charge is -2.01. The summed E-state index contributed by atoms with van der Waals surface area (Å²) in [5, 5.41) is 2.97. The van der Waals surface area contributed by atoms with Gasteiger partial charge < -0.3 is 4.42 Å². The van der Waals surface area contributed by atoms with Crippen molar-refractivity contribution in [3.05, 3.63) is 59.4 Å². The lowest BCUT2D eigenvalue weighted by atomic mass is 10.2. The number of hydrogen-bond acceptors (Lipinski definition) is 6. The van der Waals surface area contributed by atoms with Gasteiger partial charge in [-0.3, -0.25) is 19.9 Å². The molecule has 0 aliphatic heterocycles. The molecule has 0 fully saturated rings. The molecule has 3 aromatic rings. The molecular formula is C16H11N3O3S. The number of hydrogen-bond donors (Lipinski definition) is 1. The minimum atomic E-state index is -0.356. The number of pyridine rings is 1. The van der Waals surface area contributed by atoms with E-state index in [1.165, 1.54) is 12.5 Å². The standard InChI is InChI=1S/C16H11N3O3S/c1-2-11-6-5-10(8-17-11)15(21)19-16-18-14(13(9-20)23-16)12-4-3-7-22-12/h2-9H,1H2,(H,18,19,21). The molecule has 0 spiro atoms. The van der Waals surface area contributed by atoms with Crippen molar-refractivity contribution >= 4 is 34.7 Å². The van der Waals surface area contributed by atoms with Crippen molar-refractivity contribution in [3.63, 3.8) is 0 Å². The van der Waals surface area contributed by atoms with E-state index in [0.29, 0.717) is 39.0 Å². The van der Waals surface area contributed by atoms with Gasteiger partial charge in [-0.25, -0.2) is 4.98 Å². The Morgan fingerprint density at radius 2 is 2.22 bits per heavy atom. The van der Waals surface area contributed by atoms with Crippen LogP contribution >= 0.6 is 11.3 Å². The number of amides is 1. The highest BCUT2D eigenvalue weighted by atomic mass is 32.1. The van der Waals surface area contributed by atoms with Crippen molar-refractivity contribution in [3.8, 4) is 11.5 Å². The quantitative estimate of drug-likeness (QED) is 0.726. The Kier molecular flexibility index (Phi) is 4.11. The van der Waals surface area contributed by atoms with Crippen molar-refractivity contribution in [2.45, 2.75) is 0 Å². The molecule has 0 atom stereocenters. The molecular weight excluding hydrogens is 314 g/mol. The molecule has 3 heterocycles. The van der Waals surface area contributed by atoms with E-state index in [0.717, 1.165) is 11.3 Å². The second kappa shape index (κ2) is 6.37. The molecule has 0 bridgehead atoms. The van der Waals surface area contributed by atoms with Crippen molar-refractivity contribution in [2.75, 3.05) is 5.32 Å². The van der Waals surface area contributed by atoms with Gasteiger partial charge in [0.15, 0.2) is 17.2 Å². The normalized spacial score (nSPS) is 10.3. The average molecular weight is 325 g/mol. The maximum absolute atomic E-state index is 12.2. The van der Waals surface area contributed by atoms with E-state index in [-0.39, 0.29) is 5.91 Å². The van der Waals surface area contributed by atoms with E-state index in [1.807, 2.05) is 0 Å². The zero-order chi connectivity index (χ0) is 16.2. The summed E-state index contributed by atoms with van der Waals surface area (Å²) < 4.78 is 5.24. The maximum Gasteiger partial charge on any atom is 0.259 e. The van der Waals surface area contributed by atoms with Gasteiger partial charge >= 0.3 is 0 Å². The minimum Gasteiger partial charge on any atom is -0.463 e. The van der Waals surface area contributed by atoms with Crippen LogP contribution in [0.15, 0.2) is 47.7 Å². The summed E-state index contributed by atoms with van der Waals surface area (Å²) >= 11 is 1.08. The fraction of sp³-hybridized carbons (Fsp3) is 0. The van der Waals surface area contributed by atoms with Gasteiger partial charge in [-0.2, -0.15) is 0 Å². The Bertz CT molecular complexity index is 851. The lowest BCUT2D eigenvalue weighted by molar-refractivity contribution is 0.102. The molecule has 0 saturated heterocycles. The summed E-state index contributed by atoms with van der Waals surface area (Å²) in [6, 6.07) is 6.73. The highest BCUT2D eigenvalue weighted by molar-refractivity contribution is 7.17. The molecule has 6 nitrogen and oxygen atoms in total. The van der Waals surface area contributed by atoms with Crippen molar-refractivity contribution in [2.24, 2.45) is 0 Å². The van der Waals surface area contributed by atoms with Crippen LogP contribution in [0.5, 0.6) is 0 Å². The summed E-state index contributed by atoms with van der Waals surface area (Å²) in [5.74, 6) is 0.117. The number of rotatable bonds is 5. The molecule has 0 saturated carbocycles. The number of furan rings is 1. The van der Waals surface area contributed by atoms with Gasteiger partial charge in [0.2, 0.25) is 0 Å². The van der Waals surface area contributed by atoms with E-state index < -0.39 is 0 Å². The predicted octanol–water partition coefficient (Wildman–Crippen LogP) is 3.51. The fourth-order valence-electron chi connectivity index (χ4n) is 1.88. The van der Waals surface area contributed by atoms with Crippen LogP contribution in [0.4, 0.5) is 5.13 Å². The topological polar surface area (TPSA) is 85.1 Å². The third-order valence-corrected chi connectivity index (χ3v) is 3.89. The molecule has 23 heavy (non-hydrogen) atoms. The Balaban J connectivity index is 1.83. The van der Waals surface area contributed by atoms with Gasteiger partial charge in [0, 0.05) is 6.20 Å². The molecule has 0 aliphatic carbocycles. The van der Waals surface area contributed by atoms with Crippen LogP contribution in [-0.2, 0) is 0 Å². The van der Waals surface area contributed by atoms with Gasteiger partial charge in [0.1, 0.15) is 10.6 Å². The Labute approximate surface area is 135 Å². The first kappa shape index (κ1) is 14.9. The van der Waals surface area contributed by atoms with Crippen LogP contribution in [0.2, 0.25) is 0 Å². The number of anilines is 1. The fourth-order valence-corrected chi connectivity index (χ4v) is 2.66. The monoisotopic (exact) mass is 325 g/mol. The summed E-state index contributed by atoms with van der Waals surface area (Å²) in [5.41, 5.74) is 1.47. The third kappa shape index (κ3) is 3.09.